The molecule has 4 nitrogen and oxygen atoms in total. The van der Waals surface area contributed by atoms with Crippen LogP contribution in [0.3, 0.4) is 0 Å². The number of hydrogen-bond donors (Lipinski definition) is 1. The van der Waals surface area contributed by atoms with Crippen molar-refractivity contribution in [2.45, 2.75) is 6.42 Å². The lowest BCUT2D eigenvalue weighted by molar-refractivity contribution is 0.0987. The maximum absolute atomic E-state index is 12.8. The van der Waals surface area contributed by atoms with Crippen LogP contribution in [0.1, 0.15) is 15.9 Å². The predicted octanol–water partition coefficient (Wildman–Crippen LogP) is 3.14. The van der Waals surface area contributed by atoms with Gasteiger partial charge in [-0.2, -0.15) is 0 Å². The van der Waals surface area contributed by atoms with Crippen LogP contribution in [0.25, 0.3) is 10.9 Å². The molecule has 4 rings (SSSR count). The molecule has 1 amide bonds. The van der Waals surface area contributed by atoms with Crippen molar-refractivity contribution in [3.63, 3.8) is 0 Å². The first-order chi connectivity index (χ1) is 10.7. The second kappa shape index (κ2) is 4.84. The Bertz CT molecular complexity index is 889. The number of benzene rings is 2. The van der Waals surface area contributed by atoms with Crippen molar-refractivity contribution in [2.24, 2.45) is 0 Å². The van der Waals surface area contributed by atoms with E-state index in [1.54, 1.807) is 29.3 Å². The fourth-order valence-electron chi connectivity index (χ4n) is 2.97. The van der Waals surface area contributed by atoms with Gasteiger partial charge in [0.05, 0.1) is 11.1 Å². The lowest BCUT2D eigenvalue weighted by atomic mass is 10.1. The molecule has 3 aromatic rings. The Labute approximate surface area is 127 Å². The largest absolute Gasteiger partial charge is 0.507 e. The molecule has 0 radical (unpaired) electrons. The molecule has 0 fully saturated rings. The Morgan fingerprint density at radius 2 is 2.00 bits per heavy atom. The maximum Gasteiger partial charge on any atom is 0.262 e. The van der Waals surface area contributed by atoms with Gasteiger partial charge in [-0.15, -0.1) is 0 Å². The number of phenolic OH excluding ortho intramolecular Hbond substituents is 1. The number of carbonyl (C=O) groups is 1. The molecule has 0 bridgehead atoms. The third-order valence-corrected chi connectivity index (χ3v) is 4.08. The van der Waals surface area contributed by atoms with Gasteiger partial charge in [-0.3, -0.25) is 9.78 Å². The van der Waals surface area contributed by atoms with E-state index in [9.17, 15) is 9.90 Å². The van der Waals surface area contributed by atoms with Crippen LogP contribution in [0.2, 0.25) is 0 Å². The first kappa shape index (κ1) is 12.8. The lowest BCUT2D eigenvalue weighted by Gasteiger charge is -2.18. The van der Waals surface area contributed by atoms with Crippen LogP contribution in [-0.2, 0) is 6.42 Å². The van der Waals surface area contributed by atoms with Crippen molar-refractivity contribution in [3.8, 4) is 5.75 Å². The first-order valence-corrected chi connectivity index (χ1v) is 7.21. The van der Waals surface area contributed by atoms with Crippen molar-refractivity contribution in [2.75, 3.05) is 11.4 Å². The predicted molar refractivity (Wildman–Crippen MR) is 85.2 cm³/mol. The number of aromatic nitrogens is 1. The normalized spacial score (nSPS) is 13.4. The van der Waals surface area contributed by atoms with Gasteiger partial charge in [-0.1, -0.05) is 24.3 Å². The summed E-state index contributed by atoms with van der Waals surface area (Å²) < 4.78 is 0. The van der Waals surface area contributed by atoms with Crippen molar-refractivity contribution >= 4 is 22.5 Å². The Hall–Kier alpha value is -2.88. The number of amides is 1. The Balaban J connectivity index is 1.79. The molecule has 108 valence electrons. The molecule has 0 aliphatic carbocycles. The monoisotopic (exact) mass is 290 g/mol. The fourth-order valence-corrected chi connectivity index (χ4v) is 2.97. The number of aromatic hydroxyl groups is 1. The Morgan fingerprint density at radius 3 is 2.91 bits per heavy atom. The minimum absolute atomic E-state index is 0.00474. The number of pyridine rings is 1. The molecule has 1 N–H and O–H groups in total. The van der Waals surface area contributed by atoms with Gasteiger partial charge < -0.3 is 10.0 Å². The van der Waals surface area contributed by atoms with E-state index < -0.39 is 0 Å². The standard InChI is InChI=1S/C18H14N2O2/c21-17-10-13-5-3-8-19-15(13)11-14(17)18(22)20-9-7-12-4-1-2-6-16(12)20/h1-6,8,10-11,21H,7,9H2. The molecule has 1 aliphatic rings. The number of phenols is 1. The lowest BCUT2D eigenvalue weighted by Crippen LogP contribution is -2.28. The van der Waals surface area contributed by atoms with Crippen molar-refractivity contribution in [3.05, 3.63) is 65.9 Å². The second-order valence-corrected chi connectivity index (χ2v) is 5.40. The molecule has 22 heavy (non-hydrogen) atoms. The van der Waals surface area contributed by atoms with Crippen LogP contribution in [0.15, 0.2) is 54.7 Å². The molecule has 1 aliphatic heterocycles. The van der Waals surface area contributed by atoms with E-state index >= 15 is 0 Å². The second-order valence-electron chi connectivity index (χ2n) is 5.40. The van der Waals surface area contributed by atoms with E-state index in [0.29, 0.717) is 17.6 Å². The van der Waals surface area contributed by atoms with Crippen molar-refractivity contribution in [1.29, 1.82) is 0 Å². The summed E-state index contributed by atoms with van der Waals surface area (Å²) in [7, 11) is 0. The van der Waals surface area contributed by atoms with Gasteiger partial charge in [0.2, 0.25) is 0 Å². The number of fused-ring (bicyclic) bond motifs is 2. The molecular formula is C18H14N2O2. The topological polar surface area (TPSA) is 53.4 Å². The molecule has 2 aromatic carbocycles. The molecule has 0 saturated heterocycles. The van der Waals surface area contributed by atoms with E-state index in [1.807, 2.05) is 30.3 Å². The Kier molecular flexibility index (Phi) is 2.82. The Morgan fingerprint density at radius 1 is 1.14 bits per heavy atom. The summed E-state index contributed by atoms with van der Waals surface area (Å²) in [5, 5.41) is 11.0. The summed E-state index contributed by atoms with van der Waals surface area (Å²) >= 11 is 0. The number of anilines is 1. The summed E-state index contributed by atoms with van der Waals surface area (Å²) in [5.41, 5.74) is 3.08. The van der Waals surface area contributed by atoms with E-state index in [0.717, 1.165) is 23.1 Å². The van der Waals surface area contributed by atoms with Gasteiger partial charge in [0, 0.05) is 23.8 Å². The highest BCUT2D eigenvalue weighted by atomic mass is 16.3. The molecule has 1 aromatic heterocycles. The molecule has 0 unspecified atom stereocenters. The number of hydrogen-bond acceptors (Lipinski definition) is 3. The average Bonchev–Trinajstić information content (AvgIpc) is 2.97. The minimum Gasteiger partial charge on any atom is -0.507 e. The zero-order chi connectivity index (χ0) is 15.1. The van der Waals surface area contributed by atoms with Crippen LogP contribution in [0.4, 0.5) is 5.69 Å². The highest BCUT2D eigenvalue weighted by Crippen LogP contribution is 2.31. The van der Waals surface area contributed by atoms with Crippen LogP contribution in [0.5, 0.6) is 5.75 Å². The van der Waals surface area contributed by atoms with Crippen molar-refractivity contribution < 1.29 is 9.90 Å². The highest BCUT2D eigenvalue weighted by Gasteiger charge is 2.27. The van der Waals surface area contributed by atoms with Gasteiger partial charge >= 0.3 is 0 Å². The number of para-hydroxylation sites is 1. The molecule has 2 heterocycles. The smallest absolute Gasteiger partial charge is 0.262 e. The molecule has 4 heteroatoms. The van der Waals surface area contributed by atoms with Crippen molar-refractivity contribution in [1.82, 2.24) is 4.98 Å². The SMILES string of the molecule is O=C(c1cc2ncccc2cc1O)N1CCc2ccccc21. The zero-order valence-corrected chi connectivity index (χ0v) is 11.9. The molecular weight excluding hydrogens is 276 g/mol. The van der Waals surface area contributed by atoms with Crippen LogP contribution in [0, 0.1) is 0 Å². The maximum atomic E-state index is 12.8. The fraction of sp³-hybridized carbons (Fsp3) is 0.111. The van der Waals surface area contributed by atoms with E-state index in [1.165, 1.54) is 0 Å². The minimum atomic E-state index is -0.185. The van der Waals surface area contributed by atoms with E-state index in [2.05, 4.69) is 4.98 Å². The van der Waals surface area contributed by atoms with Gasteiger partial charge in [0.25, 0.3) is 5.91 Å². The van der Waals surface area contributed by atoms with Gasteiger partial charge in [-0.05, 0) is 36.2 Å². The summed E-state index contributed by atoms with van der Waals surface area (Å²) in [6.45, 7) is 0.637. The number of nitrogens with zero attached hydrogens (tertiary/aromatic N) is 2. The molecule has 0 saturated carbocycles. The van der Waals surface area contributed by atoms with Crippen LogP contribution >= 0.6 is 0 Å². The first-order valence-electron chi connectivity index (χ1n) is 7.21. The van der Waals surface area contributed by atoms with Crippen LogP contribution < -0.4 is 4.90 Å². The van der Waals surface area contributed by atoms with Crippen LogP contribution in [-0.4, -0.2) is 22.5 Å². The zero-order valence-electron chi connectivity index (χ0n) is 11.9. The molecule has 0 spiro atoms. The third kappa shape index (κ3) is 1.92. The summed E-state index contributed by atoms with van der Waals surface area (Å²) in [4.78, 5) is 18.8. The van der Waals surface area contributed by atoms with E-state index in [4.69, 9.17) is 0 Å². The summed E-state index contributed by atoms with van der Waals surface area (Å²) in [5.74, 6) is -0.190. The summed E-state index contributed by atoms with van der Waals surface area (Å²) in [6, 6.07) is 14.8. The molecule has 0 atom stereocenters. The number of carbonyl (C=O) groups excluding carboxylic acids is 1. The quantitative estimate of drug-likeness (QED) is 0.749. The average molecular weight is 290 g/mol. The van der Waals surface area contributed by atoms with Gasteiger partial charge in [-0.25, -0.2) is 0 Å². The van der Waals surface area contributed by atoms with Gasteiger partial charge in [0.1, 0.15) is 5.75 Å². The number of rotatable bonds is 1. The van der Waals surface area contributed by atoms with E-state index in [-0.39, 0.29) is 11.7 Å². The van der Waals surface area contributed by atoms with Gasteiger partial charge in [0.15, 0.2) is 0 Å². The third-order valence-electron chi connectivity index (χ3n) is 4.08. The summed E-state index contributed by atoms with van der Waals surface area (Å²) in [6.07, 6.45) is 2.52. The highest BCUT2D eigenvalue weighted by molar-refractivity contribution is 6.10.